The molecule has 0 bridgehead atoms. The molecule has 0 aliphatic carbocycles. The summed E-state index contributed by atoms with van der Waals surface area (Å²) in [5, 5.41) is 9.67. The van der Waals surface area contributed by atoms with Crippen LogP contribution in [0.3, 0.4) is 0 Å². The summed E-state index contributed by atoms with van der Waals surface area (Å²) in [6, 6.07) is 8.81. The third-order valence-corrected chi connectivity index (χ3v) is 3.45. The Labute approximate surface area is 112 Å². The van der Waals surface area contributed by atoms with Crippen LogP contribution in [0, 0.1) is 0 Å². The van der Waals surface area contributed by atoms with Gasteiger partial charge in [-0.2, -0.15) is 0 Å². The summed E-state index contributed by atoms with van der Waals surface area (Å²) < 4.78 is 0. The first-order valence-corrected chi connectivity index (χ1v) is 6.40. The minimum atomic E-state index is -0.872. The standard InChI is InChI=1S/C14H18N2O3/c15-14(19)13-11(17)8-9-16(13)12(18)7-6-10-4-2-1-3-5-10/h1-5,11,13,17H,6-9H2,(H2,15,19)/t11-,13?/m0/s1. The third kappa shape index (κ3) is 3.12. The summed E-state index contributed by atoms with van der Waals surface area (Å²) in [5.74, 6) is -0.776. The number of nitrogens with zero attached hydrogens (tertiary/aromatic N) is 1. The Morgan fingerprint density at radius 3 is 2.63 bits per heavy atom. The van der Waals surface area contributed by atoms with Crippen LogP contribution in [-0.4, -0.2) is 40.5 Å². The highest BCUT2D eigenvalue weighted by atomic mass is 16.3. The molecule has 1 fully saturated rings. The van der Waals surface area contributed by atoms with Gasteiger partial charge in [0.05, 0.1) is 6.10 Å². The highest BCUT2D eigenvalue weighted by molar-refractivity contribution is 5.87. The van der Waals surface area contributed by atoms with Crippen LogP contribution in [0.15, 0.2) is 30.3 Å². The van der Waals surface area contributed by atoms with Crippen molar-refractivity contribution in [2.75, 3.05) is 6.54 Å². The molecule has 19 heavy (non-hydrogen) atoms. The third-order valence-electron chi connectivity index (χ3n) is 3.45. The lowest BCUT2D eigenvalue weighted by Gasteiger charge is -2.23. The maximum atomic E-state index is 12.1. The van der Waals surface area contributed by atoms with Crippen LogP contribution in [-0.2, 0) is 16.0 Å². The summed E-state index contributed by atoms with van der Waals surface area (Å²) in [4.78, 5) is 24.8. The lowest BCUT2D eigenvalue weighted by Crippen LogP contribution is -2.48. The van der Waals surface area contributed by atoms with Crippen LogP contribution in [0.25, 0.3) is 0 Å². The average molecular weight is 262 g/mol. The quantitative estimate of drug-likeness (QED) is 0.805. The molecule has 5 heteroatoms. The molecule has 0 spiro atoms. The summed E-state index contributed by atoms with van der Waals surface area (Å²) in [6.07, 6.45) is 0.515. The summed E-state index contributed by atoms with van der Waals surface area (Å²) in [7, 11) is 0. The second-order valence-electron chi connectivity index (χ2n) is 4.78. The molecule has 0 saturated carbocycles. The number of carbonyl (C=O) groups excluding carboxylic acids is 2. The van der Waals surface area contributed by atoms with Gasteiger partial charge in [-0.3, -0.25) is 9.59 Å². The molecule has 1 unspecified atom stereocenters. The van der Waals surface area contributed by atoms with Crippen molar-refractivity contribution in [1.82, 2.24) is 4.90 Å². The van der Waals surface area contributed by atoms with Gasteiger partial charge in [-0.1, -0.05) is 30.3 Å². The Kier molecular flexibility index (Phi) is 4.16. The van der Waals surface area contributed by atoms with Crippen LogP contribution in [0.4, 0.5) is 0 Å². The number of rotatable bonds is 4. The van der Waals surface area contributed by atoms with Crippen LogP contribution < -0.4 is 5.73 Å². The smallest absolute Gasteiger partial charge is 0.242 e. The number of aliphatic hydroxyl groups excluding tert-OH is 1. The molecule has 1 saturated heterocycles. The monoisotopic (exact) mass is 262 g/mol. The van der Waals surface area contributed by atoms with Crippen LogP contribution in [0.5, 0.6) is 0 Å². The molecule has 1 aliphatic heterocycles. The van der Waals surface area contributed by atoms with E-state index in [1.54, 1.807) is 0 Å². The van der Waals surface area contributed by atoms with E-state index in [0.29, 0.717) is 25.8 Å². The largest absolute Gasteiger partial charge is 0.390 e. The van der Waals surface area contributed by atoms with Gasteiger partial charge in [0.15, 0.2) is 0 Å². The van der Waals surface area contributed by atoms with Gasteiger partial charge in [0.2, 0.25) is 11.8 Å². The Bertz CT molecular complexity index is 461. The molecule has 5 nitrogen and oxygen atoms in total. The lowest BCUT2D eigenvalue weighted by molar-refractivity contribution is -0.139. The molecule has 1 aromatic carbocycles. The van der Waals surface area contributed by atoms with Crippen molar-refractivity contribution in [3.05, 3.63) is 35.9 Å². The number of aliphatic hydroxyl groups is 1. The fraction of sp³-hybridized carbons (Fsp3) is 0.429. The van der Waals surface area contributed by atoms with Crippen LogP contribution >= 0.6 is 0 Å². The second kappa shape index (κ2) is 5.84. The first kappa shape index (κ1) is 13.5. The number of likely N-dealkylation sites (tertiary alicyclic amines) is 1. The van der Waals surface area contributed by atoms with E-state index in [9.17, 15) is 14.7 Å². The molecule has 0 aromatic heterocycles. The van der Waals surface area contributed by atoms with Crippen LogP contribution in [0.2, 0.25) is 0 Å². The molecule has 3 N–H and O–H groups in total. The number of hydrogen-bond donors (Lipinski definition) is 2. The number of benzene rings is 1. The van der Waals surface area contributed by atoms with Crippen molar-refractivity contribution >= 4 is 11.8 Å². The van der Waals surface area contributed by atoms with Crippen molar-refractivity contribution in [2.45, 2.75) is 31.4 Å². The van der Waals surface area contributed by atoms with E-state index in [4.69, 9.17) is 5.73 Å². The van der Waals surface area contributed by atoms with E-state index in [0.717, 1.165) is 5.56 Å². The SMILES string of the molecule is NC(=O)C1[C@@H](O)CCN1C(=O)CCc1ccccc1. The highest BCUT2D eigenvalue weighted by Gasteiger charge is 2.39. The zero-order valence-corrected chi connectivity index (χ0v) is 10.7. The van der Waals surface area contributed by atoms with Crippen molar-refractivity contribution in [3.8, 4) is 0 Å². The topological polar surface area (TPSA) is 83.6 Å². The first-order valence-electron chi connectivity index (χ1n) is 6.40. The zero-order chi connectivity index (χ0) is 13.8. The Morgan fingerprint density at radius 2 is 2.00 bits per heavy atom. The Hall–Kier alpha value is -1.88. The van der Waals surface area contributed by atoms with E-state index in [1.165, 1.54) is 4.90 Å². The first-order chi connectivity index (χ1) is 9.09. The average Bonchev–Trinajstić information content (AvgIpc) is 2.79. The normalized spacial score (nSPS) is 22.5. The molecule has 0 radical (unpaired) electrons. The number of primary amides is 1. The number of hydrogen-bond acceptors (Lipinski definition) is 3. The van der Waals surface area contributed by atoms with Gasteiger partial charge in [-0.15, -0.1) is 0 Å². The van der Waals surface area contributed by atoms with E-state index >= 15 is 0 Å². The number of nitrogens with two attached hydrogens (primary N) is 1. The van der Waals surface area contributed by atoms with E-state index in [2.05, 4.69) is 0 Å². The molecule has 2 amide bonds. The fourth-order valence-electron chi connectivity index (χ4n) is 2.44. The predicted octanol–water partition coefficient (Wildman–Crippen LogP) is 0.0663. The second-order valence-corrected chi connectivity index (χ2v) is 4.78. The van der Waals surface area contributed by atoms with Crippen molar-refractivity contribution in [2.24, 2.45) is 5.73 Å². The summed E-state index contributed by atoms with van der Waals surface area (Å²) >= 11 is 0. The maximum absolute atomic E-state index is 12.1. The maximum Gasteiger partial charge on any atom is 0.242 e. The van der Waals surface area contributed by atoms with E-state index in [-0.39, 0.29) is 5.91 Å². The molecule has 1 aromatic rings. The minimum absolute atomic E-state index is 0.135. The lowest BCUT2D eigenvalue weighted by atomic mass is 10.1. The number of amides is 2. The molecule has 102 valence electrons. The molecule has 2 atom stereocenters. The molecule has 1 aliphatic rings. The van der Waals surface area contributed by atoms with Crippen molar-refractivity contribution in [3.63, 3.8) is 0 Å². The van der Waals surface area contributed by atoms with Gasteiger partial charge in [-0.05, 0) is 18.4 Å². The van der Waals surface area contributed by atoms with Crippen LogP contribution in [0.1, 0.15) is 18.4 Å². The van der Waals surface area contributed by atoms with Gasteiger partial charge in [0.25, 0.3) is 0 Å². The predicted molar refractivity (Wildman–Crippen MR) is 70.1 cm³/mol. The summed E-state index contributed by atoms with van der Waals surface area (Å²) in [6.45, 7) is 0.391. The van der Waals surface area contributed by atoms with Gasteiger partial charge in [0, 0.05) is 13.0 Å². The van der Waals surface area contributed by atoms with Gasteiger partial charge in [0.1, 0.15) is 6.04 Å². The van der Waals surface area contributed by atoms with Gasteiger partial charge in [-0.25, -0.2) is 0 Å². The fourth-order valence-corrected chi connectivity index (χ4v) is 2.44. The molecule has 2 rings (SSSR count). The van der Waals surface area contributed by atoms with Crippen molar-refractivity contribution in [1.29, 1.82) is 0 Å². The highest BCUT2D eigenvalue weighted by Crippen LogP contribution is 2.19. The van der Waals surface area contributed by atoms with Gasteiger partial charge >= 0.3 is 0 Å². The van der Waals surface area contributed by atoms with Crippen molar-refractivity contribution < 1.29 is 14.7 Å². The number of aryl methyl sites for hydroxylation is 1. The van der Waals surface area contributed by atoms with E-state index in [1.807, 2.05) is 30.3 Å². The zero-order valence-electron chi connectivity index (χ0n) is 10.7. The Morgan fingerprint density at radius 1 is 1.32 bits per heavy atom. The molecule has 1 heterocycles. The molecular formula is C14H18N2O3. The Balaban J connectivity index is 1.95. The van der Waals surface area contributed by atoms with E-state index < -0.39 is 18.1 Å². The molecular weight excluding hydrogens is 244 g/mol. The minimum Gasteiger partial charge on any atom is -0.390 e. The van der Waals surface area contributed by atoms with Gasteiger partial charge < -0.3 is 15.7 Å². The number of carbonyl (C=O) groups is 2. The summed E-state index contributed by atoms with van der Waals surface area (Å²) in [5.41, 5.74) is 6.31.